The topological polar surface area (TPSA) is 45.7 Å². The minimum atomic E-state index is -0.532. The maximum Gasteiger partial charge on any atom is 0.257 e. The minimum absolute atomic E-state index is 0.124. The second-order valence-electron chi connectivity index (χ2n) is 7.55. The standard InChI is InChI=1S/C22H26FN3O2/c23-21-14-19(28-16-17-6-1-2-10-24-17)8-9-20(21)22(27)26-13-5-7-18(26)15-25-11-3-4-12-25/h1-2,6,8-10,14,18H,3-5,7,11-13,15-16H2/t18-/m0/s1. The zero-order valence-electron chi connectivity index (χ0n) is 16.0. The number of carbonyl (C=O) groups is 1. The van der Waals surface area contributed by atoms with E-state index >= 15 is 0 Å². The van der Waals surface area contributed by atoms with Gasteiger partial charge in [-0.05, 0) is 63.0 Å². The van der Waals surface area contributed by atoms with Gasteiger partial charge in [0.15, 0.2) is 0 Å². The number of benzene rings is 1. The molecule has 1 amide bonds. The maximum absolute atomic E-state index is 14.7. The van der Waals surface area contributed by atoms with E-state index in [-0.39, 0.29) is 24.1 Å². The summed E-state index contributed by atoms with van der Waals surface area (Å²) >= 11 is 0. The average Bonchev–Trinajstić information content (AvgIpc) is 3.39. The normalized spacial score (nSPS) is 19.9. The lowest BCUT2D eigenvalue weighted by Crippen LogP contribution is -2.42. The van der Waals surface area contributed by atoms with E-state index in [9.17, 15) is 9.18 Å². The molecule has 2 aliphatic rings. The number of nitrogens with zero attached hydrogens (tertiary/aromatic N) is 3. The van der Waals surface area contributed by atoms with E-state index < -0.39 is 5.82 Å². The lowest BCUT2D eigenvalue weighted by atomic mass is 10.1. The Hall–Kier alpha value is -2.47. The Kier molecular flexibility index (Phi) is 5.86. The van der Waals surface area contributed by atoms with Gasteiger partial charge in [-0.1, -0.05) is 6.07 Å². The van der Waals surface area contributed by atoms with Crippen molar-refractivity contribution in [2.45, 2.75) is 38.3 Å². The number of halogens is 1. The van der Waals surface area contributed by atoms with Crippen LogP contribution in [0, 0.1) is 5.82 Å². The molecule has 0 radical (unpaired) electrons. The molecular formula is C22H26FN3O2. The van der Waals surface area contributed by atoms with Crippen molar-refractivity contribution in [3.8, 4) is 5.75 Å². The molecule has 5 nitrogen and oxygen atoms in total. The van der Waals surface area contributed by atoms with Gasteiger partial charge >= 0.3 is 0 Å². The molecule has 3 heterocycles. The van der Waals surface area contributed by atoms with Crippen molar-refractivity contribution in [1.82, 2.24) is 14.8 Å². The number of likely N-dealkylation sites (tertiary alicyclic amines) is 2. The second-order valence-corrected chi connectivity index (χ2v) is 7.55. The van der Waals surface area contributed by atoms with E-state index in [1.807, 2.05) is 23.1 Å². The Labute approximate surface area is 165 Å². The van der Waals surface area contributed by atoms with Gasteiger partial charge in [0.2, 0.25) is 0 Å². The Morgan fingerprint density at radius 3 is 2.75 bits per heavy atom. The number of hydrogen-bond donors (Lipinski definition) is 0. The Morgan fingerprint density at radius 1 is 1.14 bits per heavy atom. The van der Waals surface area contributed by atoms with E-state index in [2.05, 4.69) is 9.88 Å². The molecule has 6 heteroatoms. The molecule has 1 aromatic carbocycles. The average molecular weight is 383 g/mol. The third-order valence-corrected chi connectivity index (χ3v) is 5.59. The van der Waals surface area contributed by atoms with Gasteiger partial charge < -0.3 is 14.5 Å². The van der Waals surface area contributed by atoms with Crippen LogP contribution in [0.4, 0.5) is 4.39 Å². The first-order chi connectivity index (χ1) is 13.7. The van der Waals surface area contributed by atoms with Gasteiger partial charge in [-0.3, -0.25) is 9.78 Å². The van der Waals surface area contributed by atoms with Gasteiger partial charge in [-0.25, -0.2) is 4.39 Å². The van der Waals surface area contributed by atoms with Crippen molar-refractivity contribution in [2.24, 2.45) is 0 Å². The lowest BCUT2D eigenvalue weighted by Gasteiger charge is -2.28. The number of ether oxygens (including phenoxy) is 1. The van der Waals surface area contributed by atoms with E-state index in [4.69, 9.17) is 4.74 Å². The summed E-state index contributed by atoms with van der Waals surface area (Å²) in [6.45, 7) is 4.08. The lowest BCUT2D eigenvalue weighted by molar-refractivity contribution is 0.0704. The highest BCUT2D eigenvalue weighted by Crippen LogP contribution is 2.25. The van der Waals surface area contributed by atoms with Gasteiger partial charge in [0.1, 0.15) is 18.2 Å². The van der Waals surface area contributed by atoms with Crippen LogP contribution >= 0.6 is 0 Å². The van der Waals surface area contributed by atoms with Crippen molar-refractivity contribution in [3.63, 3.8) is 0 Å². The largest absolute Gasteiger partial charge is 0.487 e. The fourth-order valence-electron chi connectivity index (χ4n) is 4.11. The molecule has 2 aliphatic heterocycles. The summed E-state index contributed by atoms with van der Waals surface area (Å²) < 4.78 is 20.3. The summed E-state index contributed by atoms with van der Waals surface area (Å²) in [5.74, 6) is -0.347. The van der Waals surface area contributed by atoms with Crippen molar-refractivity contribution in [1.29, 1.82) is 0 Å². The van der Waals surface area contributed by atoms with E-state index in [1.54, 1.807) is 12.3 Å². The second kappa shape index (κ2) is 8.69. The highest BCUT2D eigenvalue weighted by atomic mass is 19.1. The summed E-state index contributed by atoms with van der Waals surface area (Å²) in [4.78, 5) is 21.4. The Balaban J connectivity index is 1.40. The molecule has 0 spiro atoms. The van der Waals surface area contributed by atoms with Crippen LogP contribution in [-0.4, -0.2) is 52.9 Å². The van der Waals surface area contributed by atoms with Gasteiger partial charge in [0.25, 0.3) is 5.91 Å². The molecule has 0 bridgehead atoms. The number of aromatic nitrogens is 1. The molecule has 4 rings (SSSR count). The first-order valence-corrected chi connectivity index (χ1v) is 10.1. The monoisotopic (exact) mass is 383 g/mol. The highest BCUT2D eigenvalue weighted by Gasteiger charge is 2.32. The van der Waals surface area contributed by atoms with Crippen LogP contribution in [0.2, 0.25) is 0 Å². The molecule has 2 aromatic rings. The smallest absolute Gasteiger partial charge is 0.257 e. The maximum atomic E-state index is 14.7. The van der Waals surface area contributed by atoms with Gasteiger partial charge in [0.05, 0.1) is 11.3 Å². The van der Waals surface area contributed by atoms with Crippen LogP contribution in [0.3, 0.4) is 0 Å². The number of pyridine rings is 1. The van der Waals surface area contributed by atoms with Gasteiger partial charge in [0, 0.05) is 31.4 Å². The molecule has 2 fully saturated rings. The number of rotatable bonds is 6. The molecule has 1 atom stereocenters. The van der Waals surface area contributed by atoms with Crippen molar-refractivity contribution >= 4 is 5.91 Å². The zero-order valence-corrected chi connectivity index (χ0v) is 16.0. The number of carbonyl (C=O) groups excluding carboxylic acids is 1. The first kappa shape index (κ1) is 18.9. The molecule has 148 valence electrons. The Bertz CT molecular complexity index is 809. The van der Waals surface area contributed by atoms with E-state index in [0.29, 0.717) is 12.3 Å². The predicted octanol–water partition coefficient (Wildman–Crippen LogP) is 3.50. The van der Waals surface area contributed by atoms with Crippen LogP contribution < -0.4 is 4.74 Å². The van der Waals surface area contributed by atoms with Crippen LogP contribution in [0.1, 0.15) is 41.7 Å². The Morgan fingerprint density at radius 2 is 2.00 bits per heavy atom. The van der Waals surface area contributed by atoms with Crippen molar-refractivity contribution in [2.75, 3.05) is 26.2 Å². The van der Waals surface area contributed by atoms with Crippen LogP contribution in [0.25, 0.3) is 0 Å². The molecule has 0 aliphatic carbocycles. The first-order valence-electron chi connectivity index (χ1n) is 10.1. The predicted molar refractivity (Wildman–Crippen MR) is 105 cm³/mol. The van der Waals surface area contributed by atoms with Crippen LogP contribution in [0.5, 0.6) is 5.75 Å². The molecule has 0 unspecified atom stereocenters. The summed E-state index contributed by atoms with van der Waals surface area (Å²) in [5, 5.41) is 0. The third-order valence-electron chi connectivity index (χ3n) is 5.59. The molecule has 1 aromatic heterocycles. The van der Waals surface area contributed by atoms with Crippen molar-refractivity contribution in [3.05, 3.63) is 59.7 Å². The molecular weight excluding hydrogens is 357 g/mol. The molecule has 0 saturated carbocycles. The van der Waals surface area contributed by atoms with Crippen LogP contribution in [0.15, 0.2) is 42.6 Å². The number of hydrogen-bond acceptors (Lipinski definition) is 4. The van der Waals surface area contributed by atoms with E-state index in [1.165, 1.54) is 25.0 Å². The summed E-state index contributed by atoms with van der Waals surface area (Å²) in [5.41, 5.74) is 0.892. The number of amides is 1. The minimum Gasteiger partial charge on any atom is -0.487 e. The van der Waals surface area contributed by atoms with Gasteiger partial charge in [-0.15, -0.1) is 0 Å². The zero-order chi connectivity index (χ0) is 19.3. The SMILES string of the molecule is O=C(c1ccc(OCc2ccccn2)cc1F)N1CCC[C@H]1CN1CCCC1. The highest BCUT2D eigenvalue weighted by molar-refractivity contribution is 5.95. The summed E-state index contributed by atoms with van der Waals surface area (Å²) in [6, 6.07) is 10.2. The summed E-state index contributed by atoms with van der Waals surface area (Å²) in [7, 11) is 0. The summed E-state index contributed by atoms with van der Waals surface area (Å²) in [6.07, 6.45) is 6.13. The van der Waals surface area contributed by atoms with Crippen molar-refractivity contribution < 1.29 is 13.9 Å². The fraction of sp³-hybridized carbons (Fsp3) is 0.455. The van der Waals surface area contributed by atoms with Crippen LogP contribution in [-0.2, 0) is 6.61 Å². The quantitative estimate of drug-likeness (QED) is 0.766. The van der Waals surface area contributed by atoms with Gasteiger partial charge in [-0.2, -0.15) is 0 Å². The van der Waals surface area contributed by atoms with E-state index in [0.717, 1.165) is 38.2 Å². The third kappa shape index (κ3) is 4.33. The fourth-order valence-corrected chi connectivity index (χ4v) is 4.11. The molecule has 2 saturated heterocycles. The molecule has 28 heavy (non-hydrogen) atoms. The molecule has 0 N–H and O–H groups in total.